The number of aromatic nitrogens is 2. The lowest BCUT2D eigenvalue weighted by Gasteiger charge is -2.28. The van der Waals surface area contributed by atoms with Gasteiger partial charge in [0.1, 0.15) is 17.6 Å². The van der Waals surface area contributed by atoms with E-state index in [9.17, 15) is 27.5 Å². The van der Waals surface area contributed by atoms with Gasteiger partial charge < -0.3 is 15.3 Å². The smallest absolute Gasteiger partial charge is 0.322 e. The fourth-order valence-electron chi connectivity index (χ4n) is 3.99. The molecule has 1 unspecified atom stereocenters. The molecule has 0 bridgehead atoms. The van der Waals surface area contributed by atoms with Crippen molar-refractivity contribution in [1.29, 1.82) is 5.26 Å². The Morgan fingerprint density at radius 3 is 2.81 bits per heavy atom. The maximum atomic E-state index is 14.9. The molecular formula is C20H19F4N5O2. The Balaban J connectivity index is 1.59. The van der Waals surface area contributed by atoms with Crippen LogP contribution in [-0.4, -0.2) is 44.6 Å². The van der Waals surface area contributed by atoms with Gasteiger partial charge in [-0.3, -0.25) is 4.68 Å². The number of rotatable bonds is 2. The summed E-state index contributed by atoms with van der Waals surface area (Å²) in [5.74, 6) is -4.08. The van der Waals surface area contributed by atoms with Crippen LogP contribution in [0, 0.1) is 17.1 Å². The SMILES string of the molecule is N#Cc1cc(NC(=O)N2CCc3nn4c(c3C2)C(F)(F)CCC(F)(CO)C4)ccc1F. The Hall–Kier alpha value is -3.13. The summed E-state index contributed by atoms with van der Waals surface area (Å²) in [6.07, 6.45) is -1.09. The second-order valence-corrected chi connectivity index (χ2v) is 7.85. The van der Waals surface area contributed by atoms with Crippen molar-refractivity contribution in [2.45, 2.75) is 43.9 Å². The number of fused-ring (bicyclic) bond motifs is 3. The largest absolute Gasteiger partial charge is 0.393 e. The highest BCUT2D eigenvalue weighted by Crippen LogP contribution is 2.43. The minimum absolute atomic E-state index is 0.156. The van der Waals surface area contributed by atoms with Gasteiger partial charge in [0.15, 0.2) is 5.67 Å². The molecule has 0 fully saturated rings. The van der Waals surface area contributed by atoms with E-state index >= 15 is 0 Å². The van der Waals surface area contributed by atoms with Crippen molar-refractivity contribution in [1.82, 2.24) is 14.7 Å². The van der Waals surface area contributed by atoms with Crippen LogP contribution < -0.4 is 5.32 Å². The van der Waals surface area contributed by atoms with Crippen molar-refractivity contribution in [3.05, 3.63) is 46.5 Å². The van der Waals surface area contributed by atoms with Crippen LogP contribution in [0.4, 0.5) is 28.0 Å². The number of alkyl halides is 3. The van der Waals surface area contributed by atoms with Crippen LogP contribution in [0.1, 0.15) is 35.4 Å². The Morgan fingerprint density at radius 1 is 1.32 bits per heavy atom. The van der Waals surface area contributed by atoms with E-state index in [1.165, 1.54) is 17.0 Å². The molecular weight excluding hydrogens is 418 g/mol. The number of nitrogens with one attached hydrogen (secondary N) is 1. The van der Waals surface area contributed by atoms with Gasteiger partial charge in [0.2, 0.25) is 0 Å². The van der Waals surface area contributed by atoms with Crippen molar-refractivity contribution < 1.29 is 27.5 Å². The molecule has 0 saturated heterocycles. The number of halogens is 4. The van der Waals surface area contributed by atoms with Crippen LogP contribution in [0.2, 0.25) is 0 Å². The highest BCUT2D eigenvalue weighted by atomic mass is 19.3. The van der Waals surface area contributed by atoms with Gasteiger partial charge in [-0.05, 0) is 24.6 Å². The Kier molecular flexibility index (Phi) is 5.13. The molecule has 2 aromatic rings. The summed E-state index contributed by atoms with van der Waals surface area (Å²) >= 11 is 0. The number of nitrogens with zero attached hydrogens (tertiary/aromatic N) is 4. The van der Waals surface area contributed by atoms with Gasteiger partial charge in [-0.1, -0.05) is 0 Å². The highest BCUT2D eigenvalue weighted by Gasteiger charge is 2.48. The van der Waals surface area contributed by atoms with Gasteiger partial charge in [-0.25, -0.2) is 13.6 Å². The van der Waals surface area contributed by atoms with E-state index in [4.69, 9.17) is 5.26 Å². The number of hydrogen-bond acceptors (Lipinski definition) is 4. The number of hydrogen-bond donors (Lipinski definition) is 2. The van der Waals surface area contributed by atoms with E-state index in [-0.39, 0.29) is 36.3 Å². The molecule has 1 atom stereocenters. The summed E-state index contributed by atoms with van der Waals surface area (Å²) in [7, 11) is 0. The van der Waals surface area contributed by atoms with Crippen molar-refractivity contribution >= 4 is 11.7 Å². The Labute approximate surface area is 174 Å². The van der Waals surface area contributed by atoms with Crippen LogP contribution in [0.3, 0.4) is 0 Å². The predicted octanol–water partition coefficient (Wildman–Crippen LogP) is 3.07. The monoisotopic (exact) mass is 437 g/mol. The summed E-state index contributed by atoms with van der Waals surface area (Å²) < 4.78 is 58.8. The van der Waals surface area contributed by atoms with E-state index in [1.807, 2.05) is 0 Å². The zero-order chi connectivity index (χ0) is 22.4. The van der Waals surface area contributed by atoms with E-state index in [0.717, 1.165) is 10.7 Å². The zero-order valence-electron chi connectivity index (χ0n) is 16.3. The normalized spacial score (nSPS) is 22.1. The highest BCUT2D eigenvalue weighted by molar-refractivity contribution is 5.89. The van der Waals surface area contributed by atoms with Gasteiger partial charge in [-0.2, -0.15) is 19.1 Å². The summed E-state index contributed by atoms with van der Waals surface area (Å²) in [6.45, 7) is -1.34. The maximum Gasteiger partial charge on any atom is 0.322 e. The molecule has 31 heavy (non-hydrogen) atoms. The van der Waals surface area contributed by atoms with E-state index in [1.54, 1.807) is 6.07 Å². The van der Waals surface area contributed by atoms with Crippen molar-refractivity contribution in [3.63, 3.8) is 0 Å². The fraction of sp³-hybridized carbons (Fsp3) is 0.450. The molecule has 2 aliphatic rings. The van der Waals surface area contributed by atoms with Gasteiger partial charge in [0, 0.05) is 30.6 Å². The number of carbonyl (C=O) groups is 1. The minimum Gasteiger partial charge on any atom is -0.393 e. The Bertz CT molecular complexity index is 1080. The lowest BCUT2D eigenvalue weighted by Crippen LogP contribution is -2.39. The van der Waals surface area contributed by atoms with Gasteiger partial charge in [0.05, 0.1) is 31.0 Å². The molecule has 2 N–H and O–H groups in total. The summed E-state index contributed by atoms with van der Waals surface area (Å²) in [6, 6.07) is 4.59. The van der Waals surface area contributed by atoms with Gasteiger partial charge >= 0.3 is 6.03 Å². The molecule has 1 aromatic heterocycles. The molecule has 3 heterocycles. The molecule has 0 saturated carbocycles. The molecule has 11 heteroatoms. The van der Waals surface area contributed by atoms with E-state index < -0.39 is 55.1 Å². The number of aliphatic hydroxyl groups is 1. The van der Waals surface area contributed by atoms with Crippen molar-refractivity contribution in [3.8, 4) is 6.07 Å². The standard InChI is InChI=1S/C20H19F4N5O2/c21-15-2-1-13(7-12(15)8-25)26-18(31)28-6-3-16-14(9-28)17-20(23,24)5-4-19(22,11-30)10-29(17)27-16/h1-2,7,30H,3-6,9-11H2,(H,26,31). The second-order valence-electron chi connectivity index (χ2n) is 7.85. The third-order valence-corrected chi connectivity index (χ3v) is 5.68. The minimum atomic E-state index is -3.36. The average Bonchev–Trinajstić information content (AvgIpc) is 3.06. The first-order chi connectivity index (χ1) is 14.7. The van der Waals surface area contributed by atoms with Crippen molar-refractivity contribution in [2.24, 2.45) is 0 Å². The lowest BCUT2D eigenvalue weighted by atomic mass is 9.97. The molecule has 2 amide bonds. The molecule has 0 spiro atoms. The number of nitriles is 1. The quantitative estimate of drug-likeness (QED) is 0.707. The number of aliphatic hydroxyl groups excluding tert-OH is 1. The molecule has 7 nitrogen and oxygen atoms in total. The van der Waals surface area contributed by atoms with Crippen LogP contribution in [0.5, 0.6) is 0 Å². The Morgan fingerprint density at radius 2 is 2.10 bits per heavy atom. The van der Waals surface area contributed by atoms with Crippen LogP contribution in [-0.2, 0) is 25.4 Å². The molecule has 4 rings (SSSR count). The number of benzene rings is 1. The number of anilines is 1. The number of carbonyl (C=O) groups excluding carboxylic acids is 1. The fourth-order valence-corrected chi connectivity index (χ4v) is 3.99. The summed E-state index contributed by atoms with van der Waals surface area (Å²) in [4.78, 5) is 14.0. The van der Waals surface area contributed by atoms with Gasteiger partial charge in [-0.15, -0.1) is 0 Å². The van der Waals surface area contributed by atoms with Crippen LogP contribution >= 0.6 is 0 Å². The van der Waals surface area contributed by atoms with Crippen molar-refractivity contribution in [2.75, 3.05) is 18.5 Å². The third-order valence-electron chi connectivity index (χ3n) is 5.68. The maximum absolute atomic E-state index is 14.9. The van der Waals surface area contributed by atoms with Crippen LogP contribution in [0.15, 0.2) is 18.2 Å². The zero-order valence-corrected chi connectivity index (χ0v) is 16.3. The first-order valence-electron chi connectivity index (χ1n) is 9.68. The number of amides is 2. The van der Waals surface area contributed by atoms with E-state index in [2.05, 4.69) is 10.4 Å². The summed E-state index contributed by atoms with van der Waals surface area (Å²) in [5.41, 5.74) is -2.13. The molecule has 1 aromatic carbocycles. The topological polar surface area (TPSA) is 94.2 Å². The van der Waals surface area contributed by atoms with Crippen LogP contribution in [0.25, 0.3) is 0 Å². The molecule has 0 aliphatic carbocycles. The van der Waals surface area contributed by atoms with E-state index in [0.29, 0.717) is 5.69 Å². The first kappa shape index (κ1) is 21.1. The third kappa shape index (κ3) is 3.83. The summed E-state index contributed by atoms with van der Waals surface area (Å²) in [5, 5.41) is 24.9. The average molecular weight is 437 g/mol. The number of urea groups is 1. The second kappa shape index (κ2) is 7.53. The molecule has 164 valence electrons. The molecule has 2 aliphatic heterocycles. The lowest BCUT2D eigenvalue weighted by molar-refractivity contribution is -0.0323. The van der Waals surface area contributed by atoms with Gasteiger partial charge in [0.25, 0.3) is 5.92 Å². The first-order valence-corrected chi connectivity index (χ1v) is 9.68. The molecule has 0 radical (unpaired) electrons. The predicted molar refractivity (Wildman–Crippen MR) is 101 cm³/mol.